The maximum Gasteiger partial charge on any atom is 0.326 e. The zero-order valence-corrected chi connectivity index (χ0v) is 19.9. The number of nitrogens with two attached hydrogens (primary N) is 3. The highest BCUT2D eigenvalue weighted by Gasteiger charge is 2.37. The molecule has 4 atom stereocenters. The Labute approximate surface area is 204 Å². The van der Waals surface area contributed by atoms with Gasteiger partial charge in [-0.3, -0.25) is 19.4 Å². The quantitative estimate of drug-likeness (QED) is 0.118. The van der Waals surface area contributed by atoms with E-state index in [0.717, 1.165) is 5.56 Å². The van der Waals surface area contributed by atoms with Crippen LogP contribution in [0.25, 0.3) is 0 Å². The molecule has 0 saturated carbocycles. The molecule has 0 aromatic heterocycles. The average Bonchev–Trinajstić information content (AvgIpc) is 3.31. The molecule has 1 fully saturated rings. The largest absolute Gasteiger partial charge is 0.480 e. The lowest BCUT2D eigenvalue weighted by Crippen LogP contribution is -2.56. The number of carboxylic acids is 1. The molecule has 12 nitrogen and oxygen atoms in total. The van der Waals surface area contributed by atoms with Crippen LogP contribution in [0.3, 0.4) is 0 Å². The van der Waals surface area contributed by atoms with Gasteiger partial charge in [0, 0.05) is 19.5 Å². The second-order valence-electron chi connectivity index (χ2n) is 8.56. The number of amides is 3. The minimum absolute atomic E-state index is 0.0333. The van der Waals surface area contributed by atoms with E-state index in [-0.39, 0.29) is 18.3 Å². The highest BCUT2D eigenvalue weighted by atomic mass is 16.4. The minimum atomic E-state index is -1.18. The molecule has 1 aliphatic rings. The maximum atomic E-state index is 12.9. The van der Waals surface area contributed by atoms with Crippen molar-refractivity contribution < 1.29 is 24.3 Å². The Morgan fingerprint density at radius 3 is 2.49 bits per heavy atom. The topological polar surface area (TPSA) is 206 Å². The van der Waals surface area contributed by atoms with Crippen LogP contribution in [0, 0.1) is 0 Å². The smallest absolute Gasteiger partial charge is 0.326 e. The van der Waals surface area contributed by atoms with Crippen LogP contribution in [0.5, 0.6) is 0 Å². The van der Waals surface area contributed by atoms with Gasteiger partial charge in [-0.05, 0) is 38.2 Å². The lowest BCUT2D eigenvalue weighted by Gasteiger charge is -2.28. The standard InChI is InChI=1S/C23H35N7O5/c1-14(19(31)29-17(22(34)35)13-15-7-3-2-4-8-15)28-20(32)18-10-6-12-30(18)21(33)16(24)9-5-11-27-23(25)26/h2-4,7-8,14,16-18H,5-6,9-13,24H2,1H3,(H,28,32)(H,29,31)(H,34,35)(H4,25,26,27). The van der Waals surface area contributed by atoms with Crippen LogP contribution in [-0.2, 0) is 25.6 Å². The van der Waals surface area contributed by atoms with Gasteiger partial charge in [-0.15, -0.1) is 0 Å². The molecular weight excluding hydrogens is 454 g/mol. The van der Waals surface area contributed by atoms with E-state index in [1.165, 1.54) is 11.8 Å². The molecule has 9 N–H and O–H groups in total. The molecule has 3 amide bonds. The predicted octanol–water partition coefficient (Wildman–Crippen LogP) is -1.32. The summed E-state index contributed by atoms with van der Waals surface area (Å²) >= 11 is 0. The first-order valence-electron chi connectivity index (χ1n) is 11.6. The van der Waals surface area contributed by atoms with Crippen molar-refractivity contribution in [3.63, 3.8) is 0 Å². The summed E-state index contributed by atoms with van der Waals surface area (Å²) in [5.74, 6) is -2.68. The summed E-state index contributed by atoms with van der Waals surface area (Å²) in [5, 5.41) is 14.6. The summed E-state index contributed by atoms with van der Waals surface area (Å²) in [4.78, 5) is 55.2. The van der Waals surface area contributed by atoms with Gasteiger partial charge in [-0.25, -0.2) is 4.79 Å². The van der Waals surface area contributed by atoms with Gasteiger partial charge in [-0.1, -0.05) is 30.3 Å². The number of aliphatic carboxylic acids is 1. The van der Waals surface area contributed by atoms with Gasteiger partial charge >= 0.3 is 5.97 Å². The molecule has 0 bridgehead atoms. The van der Waals surface area contributed by atoms with Gasteiger partial charge in [0.2, 0.25) is 17.7 Å². The number of carboxylic acid groups (broad SMARTS) is 1. The third kappa shape index (κ3) is 8.56. The molecule has 1 aromatic carbocycles. The van der Waals surface area contributed by atoms with E-state index in [1.807, 2.05) is 6.07 Å². The number of aliphatic imine (C=N–C) groups is 1. The molecule has 0 radical (unpaired) electrons. The maximum absolute atomic E-state index is 12.9. The van der Waals surface area contributed by atoms with Crippen LogP contribution in [0.2, 0.25) is 0 Å². The summed E-state index contributed by atoms with van der Waals surface area (Å²) in [7, 11) is 0. The normalized spacial score (nSPS) is 17.7. The van der Waals surface area contributed by atoms with Crippen molar-refractivity contribution in [2.45, 2.75) is 63.2 Å². The lowest BCUT2D eigenvalue weighted by atomic mass is 10.1. The van der Waals surface area contributed by atoms with Crippen LogP contribution in [0.15, 0.2) is 35.3 Å². The van der Waals surface area contributed by atoms with Crippen LogP contribution in [0.1, 0.15) is 38.2 Å². The van der Waals surface area contributed by atoms with Crippen LogP contribution in [-0.4, -0.2) is 76.9 Å². The fourth-order valence-electron chi connectivity index (χ4n) is 3.88. The molecule has 1 aromatic rings. The van der Waals surface area contributed by atoms with Gasteiger partial charge in [0.1, 0.15) is 18.1 Å². The summed E-state index contributed by atoms with van der Waals surface area (Å²) in [6, 6.07) is 5.22. The fourth-order valence-corrected chi connectivity index (χ4v) is 3.88. The number of carbonyl (C=O) groups is 4. The first-order valence-corrected chi connectivity index (χ1v) is 11.6. The third-order valence-corrected chi connectivity index (χ3v) is 5.77. The second-order valence-corrected chi connectivity index (χ2v) is 8.56. The number of nitrogens with one attached hydrogen (secondary N) is 2. The van der Waals surface area contributed by atoms with Crippen molar-refractivity contribution in [3.05, 3.63) is 35.9 Å². The minimum Gasteiger partial charge on any atom is -0.480 e. The van der Waals surface area contributed by atoms with Crippen molar-refractivity contribution in [2.75, 3.05) is 13.1 Å². The number of hydrogen-bond acceptors (Lipinski definition) is 6. The van der Waals surface area contributed by atoms with Gasteiger partial charge in [0.15, 0.2) is 5.96 Å². The highest BCUT2D eigenvalue weighted by Crippen LogP contribution is 2.19. The molecule has 2 rings (SSSR count). The first kappa shape index (κ1) is 27.6. The molecule has 4 unspecified atom stereocenters. The Morgan fingerprint density at radius 1 is 1.17 bits per heavy atom. The fraction of sp³-hybridized carbons (Fsp3) is 0.522. The Hall–Kier alpha value is -3.67. The van der Waals surface area contributed by atoms with E-state index in [0.29, 0.717) is 38.8 Å². The molecule has 1 heterocycles. The summed E-state index contributed by atoms with van der Waals surface area (Å²) in [6.07, 6.45) is 2.05. The average molecular weight is 490 g/mol. The number of guanidine groups is 1. The van der Waals surface area contributed by atoms with Gasteiger partial charge < -0.3 is 37.8 Å². The Bertz CT molecular complexity index is 920. The van der Waals surface area contributed by atoms with Crippen LogP contribution in [0.4, 0.5) is 0 Å². The number of hydrogen-bond donors (Lipinski definition) is 6. The number of nitrogens with zero attached hydrogens (tertiary/aromatic N) is 2. The Kier molecular flexibility index (Phi) is 10.5. The molecule has 192 valence electrons. The van der Waals surface area contributed by atoms with Crippen molar-refractivity contribution >= 4 is 29.7 Å². The summed E-state index contributed by atoms with van der Waals surface area (Å²) < 4.78 is 0. The van der Waals surface area contributed by atoms with Gasteiger partial charge in [-0.2, -0.15) is 0 Å². The van der Waals surface area contributed by atoms with E-state index in [4.69, 9.17) is 17.2 Å². The molecular formula is C23H35N7O5. The number of benzene rings is 1. The molecule has 1 aliphatic heterocycles. The van der Waals surface area contributed by atoms with Crippen molar-refractivity contribution in [1.82, 2.24) is 15.5 Å². The zero-order valence-electron chi connectivity index (χ0n) is 19.9. The molecule has 0 aliphatic carbocycles. The molecule has 12 heteroatoms. The van der Waals surface area contributed by atoms with Gasteiger partial charge in [0.25, 0.3) is 0 Å². The first-order chi connectivity index (χ1) is 16.6. The number of rotatable bonds is 12. The van der Waals surface area contributed by atoms with E-state index in [1.54, 1.807) is 24.3 Å². The third-order valence-electron chi connectivity index (χ3n) is 5.77. The molecule has 0 spiro atoms. The van der Waals surface area contributed by atoms with E-state index < -0.39 is 42.0 Å². The second kappa shape index (κ2) is 13.3. The zero-order chi connectivity index (χ0) is 26.0. The summed E-state index contributed by atoms with van der Waals surface area (Å²) in [5.41, 5.74) is 17.3. The van der Waals surface area contributed by atoms with E-state index >= 15 is 0 Å². The van der Waals surface area contributed by atoms with E-state index in [2.05, 4.69) is 15.6 Å². The monoisotopic (exact) mass is 489 g/mol. The summed E-state index contributed by atoms with van der Waals surface area (Å²) in [6.45, 7) is 2.20. The number of likely N-dealkylation sites (tertiary alicyclic amines) is 1. The SMILES string of the molecule is CC(NC(=O)C1CCCN1C(=O)C(N)CCCN=C(N)N)C(=O)NC(Cc1ccccc1)C(=O)O. The van der Waals surface area contributed by atoms with Gasteiger partial charge in [0.05, 0.1) is 6.04 Å². The Morgan fingerprint density at radius 2 is 1.86 bits per heavy atom. The van der Waals surface area contributed by atoms with E-state index in [9.17, 15) is 24.3 Å². The highest BCUT2D eigenvalue weighted by molar-refractivity contribution is 5.94. The van der Waals surface area contributed by atoms with Crippen molar-refractivity contribution in [3.8, 4) is 0 Å². The molecule has 35 heavy (non-hydrogen) atoms. The Balaban J connectivity index is 1.91. The molecule has 1 saturated heterocycles. The van der Waals surface area contributed by atoms with Crippen molar-refractivity contribution in [1.29, 1.82) is 0 Å². The van der Waals surface area contributed by atoms with Crippen LogP contribution < -0.4 is 27.8 Å². The number of carbonyl (C=O) groups excluding carboxylic acids is 3. The predicted molar refractivity (Wildman–Crippen MR) is 130 cm³/mol. The lowest BCUT2D eigenvalue weighted by molar-refractivity contribution is -0.143. The van der Waals surface area contributed by atoms with Crippen LogP contribution >= 0.6 is 0 Å². The van der Waals surface area contributed by atoms with Crippen molar-refractivity contribution in [2.24, 2.45) is 22.2 Å².